The van der Waals surface area contributed by atoms with Crippen molar-refractivity contribution in [1.82, 2.24) is 24.5 Å². The van der Waals surface area contributed by atoms with E-state index in [0.29, 0.717) is 38.9 Å². The van der Waals surface area contributed by atoms with E-state index in [1.807, 2.05) is 62.5 Å². The second-order valence-corrected chi connectivity index (χ2v) is 13.3. The minimum atomic E-state index is -2.76. The summed E-state index contributed by atoms with van der Waals surface area (Å²) in [5.41, 5.74) is 7.81. The van der Waals surface area contributed by atoms with Gasteiger partial charge < -0.3 is 4.42 Å². The Balaban J connectivity index is 1.39. The number of imidazole rings is 1. The third kappa shape index (κ3) is 5.39. The lowest BCUT2D eigenvalue weighted by atomic mass is 9.87. The predicted molar refractivity (Wildman–Crippen MR) is 206 cm³/mol. The van der Waals surface area contributed by atoms with Crippen LogP contribution in [-0.4, -0.2) is 24.5 Å². The van der Waals surface area contributed by atoms with Crippen molar-refractivity contribution in [3.63, 3.8) is 0 Å². The molecule has 8 rings (SSSR count). The molecule has 0 aliphatic rings. The molecule has 0 aliphatic carbocycles. The number of rotatable bonds is 6. The molecule has 4 heterocycles. The molecule has 0 bridgehead atoms. The molecule has 0 spiro atoms. The van der Waals surface area contributed by atoms with E-state index in [-0.39, 0.29) is 17.2 Å². The lowest BCUT2D eigenvalue weighted by Gasteiger charge is -2.21. The lowest BCUT2D eigenvalue weighted by Crippen LogP contribution is -2.30. The first-order valence-electron chi connectivity index (χ1n) is 22.1. The zero-order chi connectivity index (χ0) is 45.1. The first-order valence-corrected chi connectivity index (χ1v) is 16.6. The Morgan fingerprint density at radius 1 is 0.745 bits per heavy atom. The van der Waals surface area contributed by atoms with E-state index in [0.717, 1.165) is 38.9 Å². The van der Waals surface area contributed by atoms with Crippen molar-refractivity contribution >= 4 is 33.1 Å². The van der Waals surface area contributed by atoms with Gasteiger partial charge in [0.25, 0.3) is 5.82 Å². The third-order valence-corrected chi connectivity index (χ3v) is 9.47. The first kappa shape index (κ1) is 22.2. The molecule has 51 heavy (non-hydrogen) atoms. The van der Waals surface area contributed by atoms with Gasteiger partial charge in [-0.15, -0.1) is 0 Å². The van der Waals surface area contributed by atoms with E-state index >= 15 is 0 Å². The van der Waals surface area contributed by atoms with Crippen LogP contribution in [0.4, 0.5) is 0 Å². The monoisotopic (exact) mass is 682 g/mol. The maximum absolute atomic E-state index is 9.66. The Bertz CT molecular complexity index is 3010. The van der Waals surface area contributed by atoms with Gasteiger partial charge in [-0.2, -0.15) is 4.57 Å². The summed E-state index contributed by atoms with van der Waals surface area (Å²) in [6.45, 7) is 1.27. The summed E-state index contributed by atoms with van der Waals surface area (Å²) in [4.78, 5) is 16.4. The highest BCUT2D eigenvalue weighted by molar-refractivity contribution is 6.12. The van der Waals surface area contributed by atoms with Crippen LogP contribution in [0.15, 0.2) is 89.3 Å². The van der Waals surface area contributed by atoms with Crippen molar-refractivity contribution in [2.75, 3.05) is 0 Å². The summed E-state index contributed by atoms with van der Waals surface area (Å²) >= 11 is 0. The number of hydrogen-bond acceptors (Lipinski definition) is 5. The Kier molecular flexibility index (Phi) is 5.34. The van der Waals surface area contributed by atoms with E-state index in [1.54, 1.807) is 58.0 Å². The standard InChI is InChI=1S/C44H43N6O/c1-24(2)34-22-32(30-16-18-31(19-17-30)42-47-28(7)46-29(8)48-42)23-35(25(3)4)41(34)50-37-13-11-10-12-36(37)49(9)44(50)39-26(5)14-21-38-40(39)33-20-15-27(6)45-43(33)51-38/h10-25H,1-9H3/q+1/i6D3,7D3,8D3,24D,25D. The van der Waals surface area contributed by atoms with Gasteiger partial charge in [-0.3, -0.25) is 0 Å². The molecular weight excluding hydrogens is 629 g/mol. The van der Waals surface area contributed by atoms with Crippen molar-refractivity contribution in [2.45, 2.75) is 67.0 Å². The van der Waals surface area contributed by atoms with Crippen molar-refractivity contribution in [1.29, 1.82) is 0 Å². The zero-order valence-corrected chi connectivity index (χ0v) is 29.2. The van der Waals surface area contributed by atoms with Crippen LogP contribution in [0.1, 0.15) is 88.6 Å². The number of benzene rings is 4. The number of fused-ring (bicyclic) bond motifs is 4. The van der Waals surface area contributed by atoms with Crippen LogP contribution in [0.2, 0.25) is 0 Å². The molecule has 0 saturated heterocycles. The molecule has 0 aliphatic heterocycles. The Morgan fingerprint density at radius 2 is 1.43 bits per heavy atom. The van der Waals surface area contributed by atoms with E-state index < -0.39 is 44.0 Å². The summed E-state index contributed by atoms with van der Waals surface area (Å²) in [6.07, 6.45) is 0. The molecule has 4 aromatic carbocycles. The van der Waals surface area contributed by atoms with Gasteiger partial charge in [0.05, 0.1) is 12.6 Å². The van der Waals surface area contributed by atoms with E-state index in [4.69, 9.17) is 16.8 Å². The number of aryl methyl sites for hydroxylation is 5. The van der Waals surface area contributed by atoms with Crippen LogP contribution < -0.4 is 4.57 Å². The summed E-state index contributed by atoms with van der Waals surface area (Å²) < 4.78 is 101. The number of aromatic nitrogens is 6. The maximum atomic E-state index is 9.66. The van der Waals surface area contributed by atoms with Gasteiger partial charge in [0.2, 0.25) is 5.71 Å². The smallest absolute Gasteiger partial charge is 0.295 e. The summed E-state index contributed by atoms with van der Waals surface area (Å²) in [5, 5.41) is 1.39. The number of nitrogens with zero attached hydrogens (tertiary/aromatic N) is 6. The van der Waals surface area contributed by atoms with Gasteiger partial charge in [0.15, 0.2) is 16.9 Å². The summed E-state index contributed by atoms with van der Waals surface area (Å²) in [6, 6.07) is 25.8. The predicted octanol–water partition coefficient (Wildman–Crippen LogP) is 10.4. The highest BCUT2D eigenvalue weighted by Crippen LogP contribution is 2.43. The van der Waals surface area contributed by atoms with Crippen LogP contribution in [0.3, 0.4) is 0 Å². The molecule has 7 nitrogen and oxygen atoms in total. The highest BCUT2D eigenvalue weighted by Gasteiger charge is 2.34. The Labute approximate surface area is 314 Å². The largest absolute Gasteiger partial charge is 0.438 e. The van der Waals surface area contributed by atoms with E-state index in [1.165, 1.54) is 6.07 Å². The number of hydrogen-bond donors (Lipinski definition) is 0. The highest BCUT2D eigenvalue weighted by atomic mass is 16.3. The van der Waals surface area contributed by atoms with E-state index in [9.17, 15) is 2.74 Å². The topological polar surface area (TPSA) is 73.5 Å². The Morgan fingerprint density at radius 3 is 2.10 bits per heavy atom. The van der Waals surface area contributed by atoms with Gasteiger partial charge in [-0.1, -0.05) is 70.2 Å². The minimum Gasteiger partial charge on any atom is -0.438 e. The maximum Gasteiger partial charge on any atom is 0.295 e. The number of para-hydroxylation sites is 2. The molecule has 0 unspecified atom stereocenters. The molecule has 0 radical (unpaired) electrons. The second-order valence-electron chi connectivity index (χ2n) is 13.3. The Hall–Kier alpha value is -5.69. The zero-order valence-electron chi connectivity index (χ0n) is 40.2. The van der Waals surface area contributed by atoms with Crippen LogP contribution >= 0.6 is 0 Å². The molecule has 0 N–H and O–H groups in total. The van der Waals surface area contributed by atoms with Gasteiger partial charge in [-0.25, -0.2) is 24.5 Å². The van der Waals surface area contributed by atoms with Crippen LogP contribution in [-0.2, 0) is 7.05 Å². The number of pyridine rings is 1. The molecule has 0 saturated carbocycles. The summed E-state index contributed by atoms with van der Waals surface area (Å²) in [7, 11) is 1.97. The van der Waals surface area contributed by atoms with Crippen molar-refractivity contribution in [2.24, 2.45) is 7.05 Å². The van der Waals surface area contributed by atoms with E-state index in [2.05, 4.69) is 29.1 Å². The van der Waals surface area contributed by atoms with Gasteiger partial charge in [0, 0.05) is 48.2 Å². The normalized spacial score (nSPS) is 16.3. The molecule has 0 atom stereocenters. The third-order valence-electron chi connectivity index (χ3n) is 9.47. The van der Waals surface area contributed by atoms with Crippen LogP contribution in [0.5, 0.6) is 0 Å². The fourth-order valence-electron chi connectivity index (χ4n) is 7.08. The van der Waals surface area contributed by atoms with Crippen molar-refractivity contribution in [3.8, 4) is 39.6 Å². The molecule has 4 aromatic heterocycles. The van der Waals surface area contributed by atoms with Gasteiger partial charge >= 0.3 is 0 Å². The first-order chi connectivity index (χ1) is 28.7. The van der Waals surface area contributed by atoms with Crippen LogP contribution in [0, 0.1) is 27.5 Å². The molecular formula is C44H43N6O+. The average molecular weight is 683 g/mol. The van der Waals surface area contributed by atoms with Gasteiger partial charge in [-0.05, 0) is 98.4 Å². The van der Waals surface area contributed by atoms with Crippen LogP contribution in [0.25, 0.3) is 72.7 Å². The molecule has 254 valence electrons. The molecule has 8 aromatic rings. The molecule has 0 amide bonds. The summed E-state index contributed by atoms with van der Waals surface area (Å²) in [5.74, 6) is -3.01. The van der Waals surface area contributed by atoms with Crippen molar-refractivity contribution < 1.29 is 24.1 Å². The fraction of sp³-hybridized carbons (Fsp3) is 0.250. The molecule has 0 fully saturated rings. The quantitative estimate of drug-likeness (QED) is 0.163. The fourth-order valence-corrected chi connectivity index (χ4v) is 7.08. The van der Waals surface area contributed by atoms with Crippen molar-refractivity contribution in [3.05, 3.63) is 119 Å². The van der Waals surface area contributed by atoms with Gasteiger partial charge in [0.1, 0.15) is 22.9 Å². The minimum absolute atomic E-state index is 0.0719. The molecule has 7 heteroatoms. The lowest BCUT2D eigenvalue weighted by molar-refractivity contribution is -0.633. The second kappa shape index (κ2) is 12.3. The SMILES string of the molecule is [2H]C([2H])([2H])c1ccc2c(n1)oc1ccc(C)c(-c3n(-c4c(C([2H])(C)C)cc(-c5ccc(-c6nc(C([2H])([2H])[2H])nc(C([2H])([2H])[2H])n6)cc5)cc4C([2H])(C)C)c4ccccc4[n+]3C)c12. The number of furan rings is 1. The average Bonchev–Trinajstić information content (AvgIpc) is 3.70.